The van der Waals surface area contributed by atoms with Crippen molar-refractivity contribution in [2.45, 2.75) is 25.8 Å². The highest BCUT2D eigenvalue weighted by atomic mass is 15.1. The van der Waals surface area contributed by atoms with Crippen LogP contribution in [0.1, 0.15) is 19.8 Å². The second-order valence-electron chi connectivity index (χ2n) is 6.54. The number of nitrogens with one attached hydrogen (secondary N) is 2. The van der Waals surface area contributed by atoms with Crippen molar-refractivity contribution >= 4 is 22.6 Å². The Morgan fingerprint density at radius 1 is 1.29 bits per heavy atom. The first-order valence-corrected chi connectivity index (χ1v) is 8.32. The van der Waals surface area contributed by atoms with Crippen LogP contribution in [0.5, 0.6) is 0 Å². The number of anilines is 1. The first kappa shape index (κ1) is 13.5. The molecule has 2 N–H and O–H groups in total. The van der Waals surface area contributed by atoms with Gasteiger partial charge in [-0.1, -0.05) is 0 Å². The van der Waals surface area contributed by atoms with E-state index in [9.17, 15) is 0 Å². The van der Waals surface area contributed by atoms with Crippen LogP contribution in [0.3, 0.4) is 0 Å². The van der Waals surface area contributed by atoms with Crippen LogP contribution >= 0.6 is 0 Å². The number of fused-ring (bicyclic) bond motifs is 2. The topological polar surface area (TPSA) is 70.9 Å². The fraction of sp³-hybridized carbons (Fsp3) is 0.278. The molecule has 0 radical (unpaired) electrons. The minimum atomic E-state index is 0.431. The second kappa shape index (κ2) is 5.06. The summed E-state index contributed by atoms with van der Waals surface area (Å²) in [5.41, 5.74) is 4.01. The fourth-order valence-electron chi connectivity index (χ4n) is 3.21. The molecule has 0 spiro atoms. The van der Waals surface area contributed by atoms with E-state index >= 15 is 0 Å². The van der Waals surface area contributed by atoms with Crippen LogP contribution in [0, 0.1) is 5.92 Å². The molecular formula is C18H18N6. The standard InChI is InChI=1S/C18H18N6/c1-11(12-2-3-12)22-18-21-9-15-14(8-20-17(15)23-18)13-4-5-16-19-6-7-24(16)10-13/h4-12H,2-3H2,1H3,(H2,20,21,22,23). The van der Waals surface area contributed by atoms with Crippen LogP contribution in [0.25, 0.3) is 27.8 Å². The maximum atomic E-state index is 4.63. The molecule has 6 heteroatoms. The van der Waals surface area contributed by atoms with E-state index in [-0.39, 0.29) is 0 Å². The highest BCUT2D eigenvalue weighted by Crippen LogP contribution is 2.34. The van der Waals surface area contributed by atoms with Crippen molar-refractivity contribution in [3.05, 3.63) is 43.1 Å². The van der Waals surface area contributed by atoms with Gasteiger partial charge in [-0.15, -0.1) is 0 Å². The molecule has 4 aromatic rings. The van der Waals surface area contributed by atoms with Gasteiger partial charge in [0.1, 0.15) is 11.3 Å². The van der Waals surface area contributed by atoms with Gasteiger partial charge in [-0.25, -0.2) is 9.97 Å². The number of aromatic nitrogens is 5. The van der Waals surface area contributed by atoms with Crippen LogP contribution in [0.2, 0.25) is 0 Å². The van der Waals surface area contributed by atoms with E-state index < -0.39 is 0 Å². The van der Waals surface area contributed by atoms with E-state index in [1.807, 2.05) is 29.1 Å². The fourth-order valence-corrected chi connectivity index (χ4v) is 3.21. The molecule has 0 aliphatic heterocycles. The van der Waals surface area contributed by atoms with Gasteiger partial charge < -0.3 is 14.7 Å². The smallest absolute Gasteiger partial charge is 0.224 e. The predicted molar refractivity (Wildman–Crippen MR) is 93.9 cm³/mol. The summed E-state index contributed by atoms with van der Waals surface area (Å²) in [6, 6.07) is 4.52. The summed E-state index contributed by atoms with van der Waals surface area (Å²) < 4.78 is 2.02. The number of hydrogen-bond acceptors (Lipinski definition) is 4. The minimum absolute atomic E-state index is 0.431. The lowest BCUT2D eigenvalue weighted by Crippen LogP contribution is -2.18. The lowest BCUT2D eigenvalue weighted by molar-refractivity contribution is 0.687. The molecule has 1 aliphatic carbocycles. The SMILES string of the molecule is CC(Nc1ncc2c(-c3ccc4nccn4c3)c[nH]c2n1)C1CC1. The molecule has 4 heterocycles. The minimum Gasteiger partial charge on any atom is -0.351 e. The van der Waals surface area contributed by atoms with E-state index in [1.54, 1.807) is 6.20 Å². The first-order valence-electron chi connectivity index (χ1n) is 8.32. The summed E-state index contributed by atoms with van der Waals surface area (Å²) in [6.45, 7) is 2.20. The lowest BCUT2D eigenvalue weighted by atomic mass is 10.1. The van der Waals surface area contributed by atoms with Crippen LogP contribution in [-0.4, -0.2) is 30.4 Å². The van der Waals surface area contributed by atoms with Gasteiger partial charge in [0.25, 0.3) is 0 Å². The normalized spacial score (nSPS) is 15.9. The Kier molecular flexibility index (Phi) is 2.85. The van der Waals surface area contributed by atoms with Crippen molar-refractivity contribution in [1.82, 2.24) is 24.3 Å². The number of aromatic amines is 1. The highest BCUT2D eigenvalue weighted by molar-refractivity contribution is 5.93. The molecule has 24 heavy (non-hydrogen) atoms. The van der Waals surface area contributed by atoms with Crippen LogP contribution in [-0.2, 0) is 0 Å². The van der Waals surface area contributed by atoms with Gasteiger partial charge in [0.2, 0.25) is 5.95 Å². The third-order valence-corrected chi connectivity index (χ3v) is 4.82. The molecule has 0 aromatic carbocycles. The van der Waals surface area contributed by atoms with E-state index in [4.69, 9.17) is 0 Å². The lowest BCUT2D eigenvalue weighted by Gasteiger charge is -2.12. The summed E-state index contributed by atoms with van der Waals surface area (Å²) >= 11 is 0. The zero-order chi connectivity index (χ0) is 16.1. The molecule has 120 valence electrons. The van der Waals surface area contributed by atoms with E-state index in [0.29, 0.717) is 12.0 Å². The van der Waals surface area contributed by atoms with Crippen LogP contribution < -0.4 is 5.32 Å². The van der Waals surface area contributed by atoms with E-state index in [1.165, 1.54) is 12.8 Å². The third-order valence-electron chi connectivity index (χ3n) is 4.82. The molecule has 4 aromatic heterocycles. The quantitative estimate of drug-likeness (QED) is 0.604. The summed E-state index contributed by atoms with van der Waals surface area (Å²) in [4.78, 5) is 16.7. The van der Waals surface area contributed by atoms with Crippen molar-refractivity contribution in [3.63, 3.8) is 0 Å². The third kappa shape index (κ3) is 2.22. The monoisotopic (exact) mass is 318 g/mol. The average Bonchev–Trinajstić information content (AvgIpc) is 3.20. The summed E-state index contributed by atoms with van der Waals surface area (Å²) in [5.74, 6) is 1.46. The number of pyridine rings is 1. The van der Waals surface area contributed by atoms with Crippen LogP contribution in [0.4, 0.5) is 5.95 Å². The van der Waals surface area contributed by atoms with Crippen molar-refractivity contribution < 1.29 is 0 Å². The molecule has 0 bridgehead atoms. The summed E-state index contributed by atoms with van der Waals surface area (Å²) in [5, 5.41) is 4.44. The Labute approximate surface area is 139 Å². The zero-order valence-corrected chi connectivity index (χ0v) is 13.4. The van der Waals surface area contributed by atoms with Crippen molar-refractivity contribution in [2.24, 2.45) is 5.92 Å². The van der Waals surface area contributed by atoms with E-state index in [2.05, 4.69) is 44.4 Å². The maximum absolute atomic E-state index is 4.63. The van der Waals surface area contributed by atoms with Crippen molar-refractivity contribution in [1.29, 1.82) is 0 Å². The van der Waals surface area contributed by atoms with Gasteiger partial charge in [-0.05, 0) is 37.8 Å². The van der Waals surface area contributed by atoms with Gasteiger partial charge in [0.15, 0.2) is 0 Å². The van der Waals surface area contributed by atoms with Gasteiger partial charge in [0, 0.05) is 53.5 Å². The number of nitrogens with zero attached hydrogens (tertiary/aromatic N) is 4. The predicted octanol–water partition coefficient (Wildman–Crippen LogP) is 3.48. The zero-order valence-electron chi connectivity index (χ0n) is 13.4. The number of hydrogen-bond donors (Lipinski definition) is 2. The Bertz CT molecular complexity index is 1030. The Hall–Kier alpha value is -2.89. The largest absolute Gasteiger partial charge is 0.351 e. The number of H-pyrrole nitrogens is 1. The van der Waals surface area contributed by atoms with Gasteiger partial charge in [0.05, 0.1) is 0 Å². The molecule has 1 atom stereocenters. The molecule has 5 rings (SSSR count). The number of rotatable bonds is 4. The Balaban J connectivity index is 1.52. The molecular weight excluding hydrogens is 300 g/mol. The average molecular weight is 318 g/mol. The molecule has 1 aliphatic rings. The molecule has 0 saturated heterocycles. The van der Waals surface area contributed by atoms with Gasteiger partial charge in [-0.2, -0.15) is 4.98 Å². The summed E-state index contributed by atoms with van der Waals surface area (Å²) in [7, 11) is 0. The van der Waals surface area contributed by atoms with Gasteiger partial charge in [-0.3, -0.25) is 0 Å². The molecule has 1 saturated carbocycles. The first-order chi connectivity index (χ1) is 11.8. The van der Waals surface area contributed by atoms with Crippen LogP contribution in [0.15, 0.2) is 43.1 Å². The second-order valence-corrected chi connectivity index (χ2v) is 6.54. The Morgan fingerprint density at radius 3 is 3.08 bits per heavy atom. The van der Waals surface area contributed by atoms with Crippen molar-refractivity contribution in [2.75, 3.05) is 5.32 Å². The highest BCUT2D eigenvalue weighted by Gasteiger charge is 2.28. The molecule has 6 nitrogen and oxygen atoms in total. The maximum Gasteiger partial charge on any atom is 0.224 e. The van der Waals surface area contributed by atoms with E-state index in [0.717, 1.165) is 33.7 Å². The molecule has 0 amide bonds. The number of imidazole rings is 1. The molecule has 1 fully saturated rings. The van der Waals surface area contributed by atoms with Gasteiger partial charge >= 0.3 is 0 Å². The Morgan fingerprint density at radius 2 is 2.21 bits per heavy atom. The van der Waals surface area contributed by atoms with Crippen molar-refractivity contribution in [3.8, 4) is 11.1 Å². The molecule has 1 unspecified atom stereocenters. The summed E-state index contributed by atoms with van der Waals surface area (Å²) in [6.07, 6.45) is 12.3.